The highest BCUT2D eigenvalue weighted by molar-refractivity contribution is 7.92. The van der Waals surface area contributed by atoms with Gasteiger partial charge in [-0.25, -0.2) is 8.42 Å². The predicted octanol–water partition coefficient (Wildman–Crippen LogP) is 4.61. The third kappa shape index (κ3) is 4.23. The molecule has 0 saturated carbocycles. The molecule has 28 heavy (non-hydrogen) atoms. The lowest BCUT2D eigenvalue weighted by Crippen LogP contribution is -2.19. The summed E-state index contributed by atoms with van der Waals surface area (Å²) in [7, 11) is -3.79. The van der Waals surface area contributed by atoms with E-state index in [4.69, 9.17) is 0 Å². The second-order valence-corrected chi connectivity index (χ2v) is 8.06. The zero-order valence-electron chi connectivity index (χ0n) is 15.8. The fourth-order valence-corrected chi connectivity index (χ4v) is 4.06. The van der Waals surface area contributed by atoms with Gasteiger partial charge in [0.25, 0.3) is 15.9 Å². The molecule has 0 radical (unpaired) electrons. The molecule has 0 atom stereocenters. The first-order valence-electron chi connectivity index (χ1n) is 8.99. The van der Waals surface area contributed by atoms with Crippen LogP contribution in [0.25, 0.3) is 0 Å². The number of amides is 1. The maximum atomic E-state index is 12.9. The summed E-state index contributed by atoms with van der Waals surface area (Å²) in [6, 6.07) is 20.5. The number of anilines is 2. The smallest absolute Gasteiger partial charge is 0.261 e. The van der Waals surface area contributed by atoms with Crippen LogP contribution in [0.1, 0.15) is 28.4 Å². The Balaban J connectivity index is 1.92. The van der Waals surface area contributed by atoms with Crippen molar-refractivity contribution in [3.63, 3.8) is 0 Å². The van der Waals surface area contributed by atoms with Crippen molar-refractivity contribution in [1.29, 1.82) is 0 Å². The molecule has 5 nitrogen and oxygen atoms in total. The maximum Gasteiger partial charge on any atom is 0.261 e. The van der Waals surface area contributed by atoms with Crippen molar-refractivity contribution in [1.82, 2.24) is 0 Å². The molecule has 0 bridgehead atoms. The van der Waals surface area contributed by atoms with Gasteiger partial charge in [0, 0.05) is 5.69 Å². The Morgan fingerprint density at radius 2 is 1.57 bits per heavy atom. The van der Waals surface area contributed by atoms with Crippen molar-refractivity contribution in [2.45, 2.75) is 25.2 Å². The van der Waals surface area contributed by atoms with Crippen LogP contribution in [0.3, 0.4) is 0 Å². The lowest BCUT2D eigenvalue weighted by atomic mass is 10.1. The van der Waals surface area contributed by atoms with Crippen molar-refractivity contribution >= 4 is 27.3 Å². The summed E-state index contributed by atoms with van der Waals surface area (Å²) in [4.78, 5) is 13.1. The van der Waals surface area contributed by atoms with Crippen LogP contribution in [0.2, 0.25) is 0 Å². The molecule has 0 aromatic heterocycles. The van der Waals surface area contributed by atoms with E-state index in [1.165, 1.54) is 12.1 Å². The normalized spacial score (nSPS) is 11.1. The Labute approximate surface area is 165 Å². The molecule has 0 aliphatic rings. The van der Waals surface area contributed by atoms with Crippen LogP contribution in [-0.4, -0.2) is 14.3 Å². The highest BCUT2D eigenvalue weighted by atomic mass is 32.2. The van der Waals surface area contributed by atoms with Crippen LogP contribution in [0.4, 0.5) is 11.4 Å². The number of nitrogens with one attached hydrogen (secondary N) is 2. The Hall–Kier alpha value is -3.12. The Kier molecular flexibility index (Phi) is 5.80. The van der Waals surface area contributed by atoms with Gasteiger partial charge in [0.2, 0.25) is 0 Å². The summed E-state index contributed by atoms with van der Waals surface area (Å²) in [6.45, 7) is 3.95. The first-order chi connectivity index (χ1) is 13.4. The van der Waals surface area contributed by atoms with Crippen molar-refractivity contribution in [3.8, 4) is 0 Å². The van der Waals surface area contributed by atoms with Crippen molar-refractivity contribution < 1.29 is 13.2 Å². The van der Waals surface area contributed by atoms with Gasteiger partial charge in [-0.3, -0.25) is 9.52 Å². The number of carbonyl (C=O) groups excluding carboxylic acids is 1. The summed E-state index contributed by atoms with van der Waals surface area (Å²) in [6.07, 6.45) is 0.777. The number of sulfonamides is 1. The van der Waals surface area contributed by atoms with E-state index in [1.807, 2.05) is 32.0 Å². The van der Waals surface area contributed by atoms with Crippen LogP contribution in [-0.2, 0) is 16.4 Å². The minimum absolute atomic E-state index is 0.136. The molecule has 0 aliphatic carbocycles. The van der Waals surface area contributed by atoms with Gasteiger partial charge in [0.1, 0.15) is 0 Å². The lowest BCUT2D eigenvalue weighted by Gasteiger charge is -2.15. The molecule has 0 saturated heterocycles. The number of rotatable bonds is 6. The minimum atomic E-state index is -3.79. The Bertz CT molecular complexity index is 1090. The Morgan fingerprint density at radius 3 is 2.29 bits per heavy atom. The molecule has 0 fully saturated rings. The van der Waals surface area contributed by atoms with Gasteiger partial charge in [-0.05, 0) is 48.7 Å². The summed E-state index contributed by atoms with van der Waals surface area (Å²) >= 11 is 0. The zero-order valence-corrected chi connectivity index (χ0v) is 16.6. The van der Waals surface area contributed by atoms with Gasteiger partial charge in [0.15, 0.2) is 0 Å². The molecule has 2 N–H and O–H groups in total. The van der Waals surface area contributed by atoms with Gasteiger partial charge in [0.05, 0.1) is 16.1 Å². The van der Waals surface area contributed by atoms with E-state index in [0.29, 0.717) is 0 Å². The standard InChI is InChI=1S/C22H22N2O3S/c1-3-17-11-9-10-16(2)21(17)23-22(25)19-14-7-8-15-20(19)24-28(26,27)18-12-5-4-6-13-18/h4-15,24H,3H2,1-2H3,(H,23,25). The molecule has 1 amide bonds. The van der Waals surface area contributed by atoms with Gasteiger partial charge in [-0.15, -0.1) is 0 Å². The monoisotopic (exact) mass is 394 g/mol. The summed E-state index contributed by atoms with van der Waals surface area (Å²) in [5.74, 6) is -0.365. The van der Waals surface area contributed by atoms with Gasteiger partial charge in [-0.1, -0.05) is 55.5 Å². The molecule has 6 heteroatoms. The molecule has 0 heterocycles. The number of benzene rings is 3. The molecule has 3 aromatic carbocycles. The summed E-state index contributed by atoms with van der Waals surface area (Å²) < 4.78 is 27.8. The van der Waals surface area contributed by atoms with Gasteiger partial charge >= 0.3 is 0 Å². The first-order valence-corrected chi connectivity index (χ1v) is 10.5. The van der Waals surface area contributed by atoms with Crippen LogP contribution in [0, 0.1) is 6.92 Å². The van der Waals surface area contributed by atoms with Crippen LogP contribution in [0.5, 0.6) is 0 Å². The number of hydrogen-bond donors (Lipinski definition) is 2. The summed E-state index contributed by atoms with van der Waals surface area (Å²) in [5.41, 5.74) is 3.23. The highest BCUT2D eigenvalue weighted by Crippen LogP contribution is 2.25. The SMILES string of the molecule is CCc1cccc(C)c1NC(=O)c1ccccc1NS(=O)(=O)c1ccccc1. The number of aryl methyl sites for hydroxylation is 2. The lowest BCUT2D eigenvalue weighted by molar-refractivity contribution is 0.102. The van der Waals surface area contributed by atoms with E-state index < -0.39 is 10.0 Å². The average Bonchev–Trinajstić information content (AvgIpc) is 2.70. The maximum absolute atomic E-state index is 12.9. The average molecular weight is 394 g/mol. The van der Waals surface area contributed by atoms with Crippen molar-refractivity contribution in [3.05, 3.63) is 89.5 Å². The molecule has 0 unspecified atom stereocenters. The summed E-state index contributed by atoms with van der Waals surface area (Å²) in [5, 5.41) is 2.94. The topological polar surface area (TPSA) is 75.3 Å². The minimum Gasteiger partial charge on any atom is -0.321 e. The fourth-order valence-electron chi connectivity index (χ4n) is 2.96. The van der Waals surface area contributed by atoms with Crippen LogP contribution in [0.15, 0.2) is 77.7 Å². The molecular formula is C22H22N2O3S. The fraction of sp³-hybridized carbons (Fsp3) is 0.136. The van der Waals surface area contributed by atoms with Gasteiger partial charge < -0.3 is 5.32 Å². The third-order valence-electron chi connectivity index (χ3n) is 4.45. The van der Waals surface area contributed by atoms with E-state index >= 15 is 0 Å². The number of carbonyl (C=O) groups is 1. The van der Waals surface area contributed by atoms with E-state index in [9.17, 15) is 13.2 Å². The van der Waals surface area contributed by atoms with E-state index in [2.05, 4.69) is 10.0 Å². The quantitative estimate of drug-likeness (QED) is 0.641. The predicted molar refractivity (Wildman–Crippen MR) is 112 cm³/mol. The first kappa shape index (κ1) is 19.6. The van der Waals surface area contributed by atoms with E-state index in [-0.39, 0.29) is 22.1 Å². The number of hydrogen-bond acceptors (Lipinski definition) is 3. The van der Waals surface area contributed by atoms with E-state index in [1.54, 1.807) is 42.5 Å². The zero-order chi connectivity index (χ0) is 20.1. The third-order valence-corrected chi connectivity index (χ3v) is 5.83. The van der Waals surface area contributed by atoms with Crippen molar-refractivity contribution in [2.75, 3.05) is 10.0 Å². The van der Waals surface area contributed by atoms with E-state index in [0.717, 1.165) is 23.2 Å². The second kappa shape index (κ2) is 8.27. The highest BCUT2D eigenvalue weighted by Gasteiger charge is 2.19. The van der Waals surface area contributed by atoms with Crippen molar-refractivity contribution in [2.24, 2.45) is 0 Å². The molecule has 3 aromatic rings. The molecular weight excluding hydrogens is 372 g/mol. The molecule has 0 spiro atoms. The van der Waals surface area contributed by atoms with Crippen LogP contribution < -0.4 is 10.0 Å². The van der Waals surface area contributed by atoms with Crippen LogP contribution >= 0.6 is 0 Å². The molecule has 144 valence electrons. The van der Waals surface area contributed by atoms with Gasteiger partial charge in [-0.2, -0.15) is 0 Å². The molecule has 0 aliphatic heterocycles. The molecule has 3 rings (SSSR count). The second-order valence-electron chi connectivity index (χ2n) is 6.38. The number of para-hydroxylation sites is 2. The Morgan fingerprint density at radius 1 is 0.893 bits per heavy atom. The largest absolute Gasteiger partial charge is 0.321 e.